The van der Waals surface area contributed by atoms with Crippen molar-refractivity contribution in [3.63, 3.8) is 0 Å². The van der Waals surface area contributed by atoms with Gasteiger partial charge in [-0.25, -0.2) is 0 Å². The average Bonchev–Trinajstić information content (AvgIpc) is 2.36. The summed E-state index contributed by atoms with van der Waals surface area (Å²) in [6, 6.07) is 8.07. The summed E-state index contributed by atoms with van der Waals surface area (Å²) in [5.74, 6) is 2.30. The maximum atomic E-state index is 10.3. The second-order valence-corrected chi connectivity index (χ2v) is 5.71. The van der Waals surface area contributed by atoms with E-state index in [1.807, 2.05) is 30.0 Å². The van der Waals surface area contributed by atoms with Gasteiger partial charge in [-0.05, 0) is 43.2 Å². The van der Waals surface area contributed by atoms with E-state index in [1.165, 1.54) is 5.56 Å². The quantitative estimate of drug-likeness (QED) is 0.664. The Balaban J connectivity index is 1.93. The molecular weight excluding hydrogens is 260 g/mol. The largest absolute Gasteiger partial charge is 0.493 e. The molecule has 0 amide bonds. The van der Waals surface area contributed by atoms with Crippen LogP contribution < -0.4 is 4.74 Å². The number of thioether (sulfide) groups is 1. The summed E-state index contributed by atoms with van der Waals surface area (Å²) in [7, 11) is 0. The van der Waals surface area contributed by atoms with E-state index in [2.05, 4.69) is 13.0 Å². The molecule has 0 aliphatic carbocycles. The van der Waals surface area contributed by atoms with Gasteiger partial charge in [-0.2, -0.15) is 11.8 Å². The van der Waals surface area contributed by atoms with Gasteiger partial charge in [0.15, 0.2) is 0 Å². The molecule has 19 heavy (non-hydrogen) atoms. The number of carbonyl (C=O) groups is 1. The molecule has 0 fully saturated rings. The third-order valence-corrected chi connectivity index (χ3v) is 3.70. The molecule has 0 atom stereocenters. The number of ether oxygens (including phenoxy) is 1. The molecule has 4 heteroatoms. The van der Waals surface area contributed by atoms with Crippen LogP contribution in [0.5, 0.6) is 5.75 Å². The molecule has 3 nitrogen and oxygen atoms in total. The number of carboxylic acids is 1. The zero-order chi connectivity index (χ0) is 13.9. The number of aryl methyl sites for hydroxylation is 1. The highest BCUT2D eigenvalue weighted by molar-refractivity contribution is 7.99. The van der Waals surface area contributed by atoms with Gasteiger partial charge in [-0.3, -0.25) is 4.79 Å². The summed E-state index contributed by atoms with van der Waals surface area (Å²) in [4.78, 5) is 10.3. The first-order valence-corrected chi connectivity index (χ1v) is 7.83. The number of carboxylic acid groups (broad SMARTS) is 1. The maximum Gasteiger partial charge on any atom is 0.303 e. The fourth-order valence-corrected chi connectivity index (χ4v) is 2.50. The molecule has 0 saturated heterocycles. The molecule has 1 aromatic rings. The summed E-state index contributed by atoms with van der Waals surface area (Å²) in [6.45, 7) is 2.78. The summed E-state index contributed by atoms with van der Waals surface area (Å²) in [6.07, 6.45) is 3.16. The number of aliphatic carboxylic acids is 1. The fraction of sp³-hybridized carbons (Fsp3) is 0.533. The third-order valence-electron chi connectivity index (χ3n) is 2.67. The SMILES string of the molecule is Cc1cccc(OCCSCCCCCC(=O)O)c1. The zero-order valence-corrected chi connectivity index (χ0v) is 12.2. The van der Waals surface area contributed by atoms with Crippen LogP contribution in [-0.4, -0.2) is 29.2 Å². The van der Waals surface area contributed by atoms with Gasteiger partial charge >= 0.3 is 5.97 Å². The van der Waals surface area contributed by atoms with Gasteiger partial charge in [0.25, 0.3) is 0 Å². The van der Waals surface area contributed by atoms with E-state index in [0.29, 0.717) is 6.42 Å². The van der Waals surface area contributed by atoms with E-state index in [0.717, 1.165) is 43.1 Å². The molecule has 0 aliphatic rings. The van der Waals surface area contributed by atoms with Crippen molar-refractivity contribution < 1.29 is 14.6 Å². The molecule has 0 radical (unpaired) electrons. The lowest BCUT2D eigenvalue weighted by atomic mass is 10.2. The Kier molecular flexibility index (Phi) is 8.14. The van der Waals surface area contributed by atoms with E-state index < -0.39 is 5.97 Å². The van der Waals surface area contributed by atoms with Crippen LogP contribution in [0.3, 0.4) is 0 Å². The van der Waals surface area contributed by atoms with Gasteiger partial charge in [0, 0.05) is 12.2 Å². The zero-order valence-electron chi connectivity index (χ0n) is 11.4. The molecule has 0 spiro atoms. The number of benzene rings is 1. The van der Waals surface area contributed by atoms with Crippen molar-refractivity contribution in [2.45, 2.75) is 32.6 Å². The summed E-state index contributed by atoms with van der Waals surface area (Å²) in [5, 5.41) is 8.49. The maximum absolute atomic E-state index is 10.3. The molecule has 106 valence electrons. The smallest absolute Gasteiger partial charge is 0.303 e. The molecule has 0 aromatic heterocycles. The minimum atomic E-state index is -0.695. The van der Waals surface area contributed by atoms with Crippen LogP contribution in [0, 0.1) is 6.92 Å². The van der Waals surface area contributed by atoms with Gasteiger partial charge in [-0.1, -0.05) is 18.6 Å². The monoisotopic (exact) mass is 282 g/mol. The van der Waals surface area contributed by atoms with E-state index in [9.17, 15) is 4.79 Å². The van der Waals surface area contributed by atoms with Crippen molar-refractivity contribution in [3.05, 3.63) is 29.8 Å². The van der Waals surface area contributed by atoms with Crippen molar-refractivity contribution in [2.75, 3.05) is 18.1 Å². The predicted octanol–water partition coefficient (Wildman–Crippen LogP) is 3.75. The molecule has 0 heterocycles. The van der Waals surface area contributed by atoms with Gasteiger partial charge in [0.05, 0.1) is 6.61 Å². The Labute approximate surface area is 119 Å². The van der Waals surface area contributed by atoms with E-state index in [4.69, 9.17) is 9.84 Å². The average molecular weight is 282 g/mol. The normalized spacial score (nSPS) is 10.4. The van der Waals surface area contributed by atoms with Crippen LogP contribution >= 0.6 is 11.8 Å². The van der Waals surface area contributed by atoms with E-state index >= 15 is 0 Å². The van der Waals surface area contributed by atoms with E-state index in [1.54, 1.807) is 0 Å². The molecule has 0 bridgehead atoms. The number of unbranched alkanes of at least 4 members (excludes halogenated alkanes) is 2. The summed E-state index contributed by atoms with van der Waals surface area (Å²) < 4.78 is 5.65. The van der Waals surface area contributed by atoms with Gasteiger partial charge < -0.3 is 9.84 Å². The highest BCUT2D eigenvalue weighted by atomic mass is 32.2. The molecule has 1 aromatic carbocycles. The predicted molar refractivity (Wildman–Crippen MR) is 80.1 cm³/mol. The molecule has 0 aliphatic heterocycles. The van der Waals surface area contributed by atoms with Crippen LogP contribution in [0.4, 0.5) is 0 Å². The first kappa shape index (κ1) is 15.9. The minimum Gasteiger partial charge on any atom is -0.493 e. The third kappa shape index (κ3) is 8.54. The molecule has 0 unspecified atom stereocenters. The molecule has 1 rings (SSSR count). The second-order valence-electron chi connectivity index (χ2n) is 4.48. The Morgan fingerprint density at radius 1 is 1.26 bits per heavy atom. The van der Waals surface area contributed by atoms with Gasteiger partial charge in [0.1, 0.15) is 5.75 Å². The Morgan fingerprint density at radius 3 is 2.84 bits per heavy atom. The molecule has 0 saturated carbocycles. The van der Waals surface area contributed by atoms with E-state index in [-0.39, 0.29) is 0 Å². The molecular formula is C15H22O3S. The summed E-state index contributed by atoms with van der Waals surface area (Å²) in [5.41, 5.74) is 1.21. The first-order chi connectivity index (χ1) is 9.18. The minimum absolute atomic E-state index is 0.293. The van der Waals surface area contributed by atoms with Crippen molar-refractivity contribution in [2.24, 2.45) is 0 Å². The topological polar surface area (TPSA) is 46.5 Å². The second kappa shape index (κ2) is 9.73. The summed E-state index contributed by atoms with van der Waals surface area (Å²) >= 11 is 1.86. The lowest BCUT2D eigenvalue weighted by Crippen LogP contribution is -2.01. The van der Waals surface area contributed by atoms with Crippen molar-refractivity contribution in [3.8, 4) is 5.75 Å². The van der Waals surface area contributed by atoms with Crippen molar-refractivity contribution in [1.29, 1.82) is 0 Å². The number of hydrogen-bond donors (Lipinski definition) is 1. The lowest BCUT2D eigenvalue weighted by Gasteiger charge is -2.06. The fourth-order valence-electron chi connectivity index (χ4n) is 1.68. The van der Waals surface area contributed by atoms with Crippen LogP contribution in [0.1, 0.15) is 31.2 Å². The van der Waals surface area contributed by atoms with Crippen molar-refractivity contribution in [1.82, 2.24) is 0 Å². The van der Waals surface area contributed by atoms with Crippen LogP contribution in [-0.2, 0) is 4.79 Å². The van der Waals surface area contributed by atoms with Crippen LogP contribution in [0.2, 0.25) is 0 Å². The Hall–Kier alpha value is -1.16. The standard InChI is InChI=1S/C15H22O3S/c1-13-6-5-7-14(12-13)18-9-11-19-10-4-2-3-8-15(16)17/h5-7,12H,2-4,8-11H2,1H3,(H,16,17). The van der Waals surface area contributed by atoms with Gasteiger partial charge in [0.2, 0.25) is 0 Å². The highest BCUT2D eigenvalue weighted by Crippen LogP contribution is 2.13. The first-order valence-electron chi connectivity index (χ1n) is 6.67. The molecule has 1 N–H and O–H groups in total. The number of rotatable bonds is 10. The van der Waals surface area contributed by atoms with Crippen LogP contribution in [0.15, 0.2) is 24.3 Å². The van der Waals surface area contributed by atoms with Crippen molar-refractivity contribution >= 4 is 17.7 Å². The van der Waals surface area contributed by atoms with Crippen LogP contribution in [0.25, 0.3) is 0 Å². The lowest BCUT2D eigenvalue weighted by molar-refractivity contribution is -0.137. The Morgan fingerprint density at radius 2 is 2.11 bits per heavy atom. The number of hydrogen-bond acceptors (Lipinski definition) is 3. The van der Waals surface area contributed by atoms with Gasteiger partial charge in [-0.15, -0.1) is 0 Å². The highest BCUT2D eigenvalue weighted by Gasteiger charge is 1.97. The Bertz CT molecular complexity index is 379.